The zero-order valence-corrected chi connectivity index (χ0v) is 31.0. The number of carbonyl (C=O) groups excluding carboxylic acids is 2. The summed E-state index contributed by atoms with van der Waals surface area (Å²) in [4.78, 5) is 37.8. The van der Waals surface area contributed by atoms with Crippen molar-refractivity contribution >= 4 is 39.8 Å². The van der Waals surface area contributed by atoms with Gasteiger partial charge in [0, 0.05) is 35.5 Å². The number of likely N-dealkylation sites (tertiary alicyclic amines) is 2. The molecule has 7 rings (SSSR count). The number of nitrogens with zero attached hydrogens (tertiary/aromatic N) is 3. The first-order valence-corrected chi connectivity index (χ1v) is 19.8. The van der Waals surface area contributed by atoms with Gasteiger partial charge in [-0.15, -0.1) is 23.1 Å². The Kier molecular flexibility index (Phi) is 11.1. The van der Waals surface area contributed by atoms with E-state index in [-0.39, 0.29) is 23.9 Å². The number of aromatic nitrogens is 1. The topological polar surface area (TPSA) is 53.5 Å². The molecule has 2 amide bonds. The molecule has 4 aromatic carbocycles. The second-order valence-electron chi connectivity index (χ2n) is 13.6. The third-order valence-corrected chi connectivity index (χ3v) is 12.7. The van der Waals surface area contributed by atoms with Crippen molar-refractivity contribution < 1.29 is 9.59 Å². The van der Waals surface area contributed by atoms with E-state index in [4.69, 9.17) is 4.98 Å². The van der Waals surface area contributed by atoms with Crippen molar-refractivity contribution in [1.29, 1.82) is 0 Å². The fourth-order valence-corrected chi connectivity index (χ4v) is 9.79. The number of thioether (sulfide) groups is 1. The number of hydrogen-bond acceptors (Lipinski definition) is 5. The molecule has 0 bridgehead atoms. The van der Waals surface area contributed by atoms with Gasteiger partial charge in [-0.1, -0.05) is 122 Å². The fraction of sp³-hybridized carbons (Fsp3) is 0.295. The van der Waals surface area contributed by atoms with Gasteiger partial charge in [0.1, 0.15) is 5.01 Å². The van der Waals surface area contributed by atoms with E-state index >= 15 is 0 Å². The molecule has 3 heterocycles. The highest BCUT2D eigenvalue weighted by Crippen LogP contribution is 2.39. The van der Waals surface area contributed by atoms with Crippen molar-refractivity contribution in [3.63, 3.8) is 0 Å². The van der Waals surface area contributed by atoms with Crippen LogP contribution in [0.2, 0.25) is 0 Å². The molecular formula is C44H45N3O2S2. The quantitative estimate of drug-likeness (QED) is 0.137. The SMILES string of the molecule is C/C=C(\SC(C)[C@@H]1CCCN1C(=O)Cc1ccccc1)c1ccc(-c2ccc(-c3cnc([C@@H]4CCCN4C(=O)Cc4ccccc4)s3)cc2)cc1. The molecule has 2 fully saturated rings. The monoisotopic (exact) mass is 711 g/mol. The highest BCUT2D eigenvalue weighted by Gasteiger charge is 2.34. The lowest BCUT2D eigenvalue weighted by molar-refractivity contribution is -0.132. The predicted molar refractivity (Wildman–Crippen MR) is 212 cm³/mol. The summed E-state index contributed by atoms with van der Waals surface area (Å²) in [6.45, 7) is 6.01. The lowest BCUT2D eigenvalue weighted by Gasteiger charge is -2.30. The highest BCUT2D eigenvalue weighted by atomic mass is 32.2. The van der Waals surface area contributed by atoms with Crippen molar-refractivity contribution in [2.45, 2.75) is 69.7 Å². The van der Waals surface area contributed by atoms with Crippen LogP contribution in [0.5, 0.6) is 0 Å². The second-order valence-corrected chi connectivity index (χ2v) is 16.0. The molecule has 1 unspecified atom stereocenters. The molecule has 1 aromatic heterocycles. The number of carbonyl (C=O) groups is 2. The molecule has 260 valence electrons. The summed E-state index contributed by atoms with van der Waals surface area (Å²) >= 11 is 3.58. The van der Waals surface area contributed by atoms with E-state index in [1.807, 2.05) is 83.5 Å². The smallest absolute Gasteiger partial charge is 0.227 e. The Bertz CT molecular complexity index is 1960. The van der Waals surface area contributed by atoms with E-state index in [0.717, 1.165) is 65.3 Å². The van der Waals surface area contributed by atoms with Crippen LogP contribution in [0, 0.1) is 0 Å². The van der Waals surface area contributed by atoms with E-state index < -0.39 is 0 Å². The molecule has 51 heavy (non-hydrogen) atoms. The number of benzene rings is 4. The fourth-order valence-electron chi connectivity index (χ4n) is 7.47. The maximum absolute atomic E-state index is 13.3. The average molecular weight is 712 g/mol. The predicted octanol–water partition coefficient (Wildman–Crippen LogP) is 10.1. The Labute approximate surface area is 310 Å². The molecule has 0 aliphatic carbocycles. The molecule has 3 atom stereocenters. The van der Waals surface area contributed by atoms with Crippen molar-refractivity contribution in [3.05, 3.63) is 143 Å². The first-order chi connectivity index (χ1) is 25.0. The molecule has 0 N–H and O–H groups in total. The third-order valence-electron chi connectivity index (χ3n) is 10.2. The summed E-state index contributed by atoms with van der Waals surface area (Å²) in [5.41, 5.74) is 6.83. The van der Waals surface area contributed by atoms with Gasteiger partial charge < -0.3 is 9.80 Å². The molecule has 2 aliphatic heterocycles. The summed E-state index contributed by atoms with van der Waals surface area (Å²) in [5.74, 6) is 0.410. The van der Waals surface area contributed by atoms with Gasteiger partial charge in [0.15, 0.2) is 0 Å². The molecule has 5 nitrogen and oxygen atoms in total. The second kappa shape index (κ2) is 16.3. The number of rotatable bonds is 11. The van der Waals surface area contributed by atoms with E-state index in [1.165, 1.54) is 21.6 Å². The number of thiazole rings is 1. The van der Waals surface area contributed by atoms with Gasteiger partial charge >= 0.3 is 0 Å². The zero-order chi connectivity index (χ0) is 35.2. The molecule has 2 aliphatic rings. The highest BCUT2D eigenvalue weighted by molar-refractivity contribution is 8.08. The summed E-state index contributed by atoms with van der Waals surface area (Å²) in [6.07, 6.45) is 9.15. The number of amides is 2. The Morgan fingerprint density at radius 3 is 1.94 bits per heavy atom. The minimum absolute atomic E-state index is 0.0557. The van der Waals surface area contributed by atoms with Crippen LogP contribution in [0.25, 0.3) is 26.5 Å². The van der Waals surface area contributed by atoms with Gasteiger partial charge in [0.25, 0.3) is 0 Å². The molecule has 0 saturated carbocycles. The van der Waals surface area contributed by atoms with E-state index in [2.05, 4.69) is 73.4 Å². The van der Waals surface area contributed by atoms with Gasteiger partial charge in [-0.05, 0) is 66.0 Å². The first kappa shape index (κ1) is 35.0. The van der Waals surface area contributed by atoms with Crippen LogP contribution in [-0.4, -0.2) is 51.0 Å². The van der Waals surface area contributed by atoms with Crippen molar-refractivity contribution in [1.82, 2.24) is 14.8 Å². The van der Waals surface area contributed by atoms with Gasteiger partial charge in [-0.2, -0.15) is 0 Å². The number of allylic oxidation sites excluding steroid dienone is 1. The van der Waals surface area contributed by atoms with Gasteiger partial charge in [0.05, 0.1) is 23.8 Å². The Morgan fingerprint density at radius 1 is 0.765 bits per heavy atom. The Balaban J connectivity index is 0.967. The van der Waals surface area contributed by atoms with Gasteiger partial charge in [-0.3, -0.25) is 9.59 Å². The summed E-state index contributed by atoms with van der Waals surface area (Å²) in [5, 5.41) is 1.32. The minimum atomic E-state index is 0.0557. The van der Waals surface area contributed by atoms with E-state index in [1.54, 1.807) is 11.3 Å². The van der Waals surface area contributed by atoms with Crippen molar-refractivity contribution in [2.75, 3.05) is 13.1 Å². The van der Waals surface area contributed by atoms with Crippen LogP contribution in [0.1, 0.15) is 67.3 Å². The largest absolute Gasteiger partial charge is 0.338 e. The first-order valence-electron chi connectivity index (χ1n) is 18.1. The van der Waals surface area contributed by atoms with Crippen molar-refractivity contribution in [3.8, 4) is 21.6 Å². The van der Waals surface area contributed by atoms with E-state index in [9.17, 15) is 9.59 Å². The van der Waals surface area contributed by atoms with Crippen molar-refractivity contribution in [2.24, 2.45) is 0 Å². The lowest BCUT2D eigenvalue weighted by atomic mass is 10.0. The molecule has 7 heteroatoms. The van der Waals surface area contributed by atoms with Crippen LogP contribution in [0.4, 0.5) is 0 Å². The molecule has 2 saturated heterocycles. The summed E-state index contributed by atoms with van der Waals surface area (Å²) in [6, 6.07) is 37.9. The maximum Gasteiger partial charge on any atom is 0.227 e. The summed E-state index contributed by atoms with van der Waals surface area (Å²) in [7, 11) is 0. The van der Waals surface area contributed by atoms with Crippen LogP contribution < -0.4 is 0 Å². The van der Waals surface area contributed by atoms with Crippen LogP contribution >= 0.6 is 23.1 Å². The Hall–Kier alpha value is -4.46. The Morgan fingerprint density at radius 2 is 1.31 bits per heavy atom. The standard InChI is InChI=1S/C44H45N3O2S2/c1-3-40(50-31(2)38-16-10-26-46(38)42(48)28-32-12-6-4-7-13-32)36-22-18-34(19-23-36)35-20-24-37(25-21-35)41-30-45-44(51-41)39-17-11-27-47(39)43(49)29-33-14-8-5-9-15-33/h3-9,12-15,18-25,30-31,38-39H,10-11,16-17,26-29H2,1-2H3/b40-3-/t31?,38-,39-/m0/s1. The minimum Gasteiger partial charge on any atom is -0.338 e. The normalized spacial score (nSPS) is 18.3. The lowest BCUT2D eigenvalue weighted by Crippen LogP contribution is -2.41. The molecule has 5 aromatic rings. The van der Waals surface area contributed by atoms with Gasteiger partial charge in [0.2, 0.25) is 11.8 Å². The zero-order valence-electron chi connectivity index (χ0n) is 29.4. The number of hydrogen-bond donors (Lipinski definition) is 0. The average Bonchev–Trinajstić information content (AvgIpc) is 3.97. The van der Waals surface area contributed by atoms with Gasteiger partial charge in [-0.25, -0.2) is 4.98 Å². The molecule has 0 spiro atoms. The maximum atomic E-state index is 13.3. The van der Waals surface area contributed by atoms with E-state index in [0.29, 0.717) is 18.1 Å². The molecule has 0 radical (unpaired) electrons. The van der Waals surface area contributed by atoms with Crippen LogP contribution in [0.3, 0.4) is 0 Å². The van der Waals surface area contributed by atoms with Crippen LogP contribution in [0.15, 0.2) is 121 Å². The summed E-state index contributed by atoms with van der Waals surface area (Å²) < 4.78 is 0. The third kappa shape index (κ3) is 8.21. The molecular weight excluding hydrogens is 667 g/mol. The van der Waals surface area contributed by atoms with Crippen LogP contribution in [-0.2, 0) is 22.4 Å².